The monoisotopic (exact) mass is 419 g/mol. The third-order valence-corrected chi connectivity index (χ3v) is 6.55. The minimum absolute atomic E-state index is 0.226. The highest BCUT2D eigenvalue weighted by molar-refractivity contribution is 7.99. The van der Waals surface area contributed by atoms with Crippen molar-refractivity contribution in [3.63, 3.8) is 0 Å². The van der Waals surface area contributed by atoms with Crippen molar-refractivity contribution in [2.45, 2.75) is 58.2 Å². The molecule has 0 saturated carbocycles. The molecule has 28 heavy (non-hydrogen) atoms. The lowest BCUT2D eigenvalue weighted by molar-refractivity contribution is -0.142. The molecule has 6 nitrogen and oxygen atoms in total. The van der Waals surface area contributed by atoms with Gasteiger partial charge in [0.05, 0.1) is 23.2 Å². The molecule has 2 N–H and O–H groups in total. The molecule has 0 bridgehead atoms. The first kappa shape index (κ1) is 20.7. The molecule has 0 spiro atoms. The number of ether oxygens (including phenoxy) is 1. The molecule has 2 aromatic rings. The summed E-state index contributed by atoms with van der Waals surface area (Å²) in [6.07, 6.45) is 0.739. The van der Waals surface area contributed by atoms with E-state index in [9.17, 15) is 9.59 Å². The third kappa shape index (κ3) is 4.03. The Kier molecular flexibility index (Phi) is 6.30. The summed E-state index contributed by atoms with van der Waals surface area (Å²) >= 11 is 3.05. The SMILES string of the molecule is CCCSc1nc2c(c(=O)[nH]1)[C@H](c1sccc1C)C(C(=O)OC(C)C)=C(C)N2. The quantitative estimate of drug-likeness (QED) is 0.409. The van der Waals surface area contributed by atoms with Crippen molar-refractivity contribution in [2.24, 2.45) is 0 Å². The number of fused-ring (bicyclic) bond motifs is 1. The van der Waals surface area contributed by atoms with Crippen LogP contribution in [-0.4, -0.2) is 27.8 Å². The maximum atomic E-state index is 13.0. The fourth-order valence-corrected chi connectivity index (χ4v) is 4.95. The van der Waals surface area contributed by atoms with Gasteiger partial charge in [-0.05, 0) is 51.1 Å². The fourth-order valence-electron chi connectivity index (χ4n) is 3.19. The standard InChI is InChI=1S/C20H25N3O3S2/c1-6-8-28-20-22-17-15(18(24)23-20)14(16-11(4)7-9-27-16)13(12(5)21-17)19(25)26-10(2)3/h7,9-10,14H,6,8H2,1-5H3,(H2,21,22,23,24)/t14-/m1/s1. The number of allylic oxidation sites excluding steroid dienone is 1. The number of thiophene rings is 1. The van der Waals surface area contributed by atoms with Crippen LogP contribution in [0.1, 0.15) is 56.0 Å². The molecule has 0 aliphatic carbocycles. The summed E-state index contributed by atoms with van der Waals surface area (Å²) in [4.78, 5) is 34.4. The average molecular weight is 420 g/mol. The van der Waals surface area contributed by atoms with Gasteiger partial charge in [-0.3, -0.25) is 4.79 Å². The van der Waals surface area contributed by atoms with Crippen LogP contribution in [0.2, 0.25) is 0 Å². The topological polar surface area (TPSA) is 84.1 Å². The summed E-state index contributed by atoms with van der Waals surface area (Å²) in [6, 6.07) is 2.00. The van der Waals surface area contributed by atoms with E-state index >= 15 is 0 Å². The van der Waals surface area contributed by atoms with E-state index in [4.69, 9.17) is 4.74 Å². The maximum Gasteiger partial charge on any atom is 0.337 e. The Morgan fingerprint density at radius 3 is 2.75 bits per heavy atom. The number of hydrogen-bond donors (Lipinski definition) is 2. The first-order valence-electron chi connectivity index (χ1n) is 9.33. The Labute approximate surface area is 172 Å². The minimum atomic E-state index is -0.496. The van der Waals surface area contributed by atoms with Gasteiger partial charge in [-0.25, -0.2) is 9.78 Å². The summed E-state index contributed by atoms with van der Waals surface area (Å²) < 4.78 is 5.49. The minimum Gasteiger partial charge on any atom is -0.460 e. The molecule has 3 rings (SSSR count). The van der Waals surface area contributed by atoms with E-state index in [0.717, 1.165) is 22.6 Å². The molecule has 3 heterocycles. The highest BCUT2D eigenvalue weighted by Gasteiger charge is 2.38. The molecule has 0 aromatic carbocycles. The molecular weight excluding hydrogens is 394 g/mol. The number of carbonyl (C=O) groups is 1. The van der Waals surface area contributed by atoms with Crippen LogP contribution in [0, 0.1) is 6.92 Å². The van der Waals surface area contributed by atoms with Gasteiger partial charge < -0.3 is 15.0 Å². The normalized spacial score (nSPS) is 16.1. The Morgan fingerprint density at radius 1 is 1.39 bits per heavy atom. The summed E-state index contributed by atoms with van der Waals surface area (Å²) in [5, 5.41) is 5.73. The van der Waals surface area contributed by atoms with Gasteiger partial charge >= 0.3 is 5.97 Å². The third-order valence-electron chi connectivity index (χ3n) is 4.39. The van der Waals surface area contributed by atoms with E-state index in [0.29, 0.717) is 27.8 Å². The van der Waals surface area contributed by atoms with E-state index in [2.05, 4.69) is 22.2 Å². The van der Waals surface area contributed by atoms with Gasteiger partial charge in [-0.2, -0.15) is 0 Å². The number of anilines is 1. The second-order valence-corrected chi connectivity index (χ2v) is 9.03. The van der Waals surface area contributed by atoms with Crippen LogP contribution in [0.15, 0.2) is 32.7 Å². The van der Waals surface area contributed by atoms with Gasteiger partial charge in [0.15, 0.2) is 5.16 Å². The average Bonchev–Trinajstić information content (AvgIpc) is 3.03. The molecule has 1 atom stereocenters. The number of thioether (sulfide) groups is 1. The number of aromatic amines is 1. The summed E-state index contributed by atoms with van der Waals surface area (Å²) in [7, 11) is 0. The van der Waals surface area contributed by atoms with Crippen LogP contribution in [0.25, 0.3) is 0 Å². The molecule has 2 aromatic heterocycles. The molecular formula is C20H25N3O3S2. The number of rotatable bonds is 6. The number of nitrogens with one attached hydrogen (secondary N) is 2. The van der Waals surface area contributed by atoms with Gasteiger partial charge in [0.2, 0.25) is 0 Å². The molecule has 150 valence electrons. The highest BCUT2D eigenvalue weighted by Crippen LogP contribution is 2.43. The second-order valence-electron chi connectivity index (χ2n) is 7.00. The zero-order valence-corrected chi connectivity index (χ0v) is 18.3. The Morgan fingerprint density at radius 2 is 2.14 bits per heavy atom. The van der Waals surface area contributed by atoms with Crippen LogP contribution in [0.3, 0.4) is 0 Å². The zero-order chi connectivity index (χ0) is 20.4. The number of H-pyrrole nitrogens is 1. The van der Waals surface area contributed by atoms with E-state index in [-0.39, 0.29) is 11.7 Å². The van der Waals surface area contributed by atoms with E-state index in [1.165, 1.54) is 23.1 Å². The first-order chi connectivity index (χ1) is 13.3. The van der Waals surface area contributed by atoms with Crippen molar-refractivity contribution in [1.82, 2.24) is 9.97 Å². The van der Waals surface area contributed by atoms with Gasteiger partial charge in [-0.15, -0.1) is 11.3 Å². The Bertz CT molecular complexity index is 975. The van der Waals surface area contributed by atoms with Crippen molar-refractivity contribution in [2.75, 3.05) is 11.1 Å². The van der Waals surface area contributed by atoms with Crippen LogP contribution in [0.4, 0.5) is 5.82 Å². The maximum absolute atomic E-state index is 13.0. The van der Waals surface area contributed by atoms with Crippen LogP contribution >= 0.6 is 23.1 Å². The lowest BCUT2D eigenvalue weighted by Crippen LogP contribution is -2.31. The largest absolute Gasteiger partial charge is 0.460 e. The van der Waals surface area contributed by atoms with E-state index in [1.807, 2.05) is 39.1 Å². The van der Waals surface area contributed by atoms with Gasteiger partial charge in [0.25, 0.3) is 5.56 Å². The Balaban J connectivity index is 2.17. The molecule has 1 aliphatic heterocycles. The van der Waals surface area contributed by atoms with Crippen LogP contribution in [0.5, 0.6) is 0 Å². The van der Waals surface area contributed by atoms with Crippen molar-refractivity contribution < 1.29 is 9.53 Å². The van der Waals surface area contributed by atoms with Crippen molar-refractivity contribution >= 4 is 34.9 Å². The van der Waals surface area contributed by atoms with Gasteiger partial charge in [0, 0.05) is 16.3 Å². The van der Waals surface area contributed by atoms with E-state index < -0.39 is 11.9 Å². The van der Waals surface area contributed by atoms with Crippen molar-refractivity contribution in [3.05, 3.63) is 49.1 Å². The van der Waals surface area contributed by atoms with E-state index in [1.54, 1.807) is 0 Å². The molecule has 0 saturated heterocycles. The predicted molar refractivity (Wildman–Crippen MR) is 114 cm³/mol. The van der Waals surface area contributed by atoms with Gasteiger partial charge in [-0.1, -0.05) is 18.7 Å². The second kappa shape index (κ2) is 8.53. The number of aromatic nitrogens is 2. The molecule has 1 aliphatic rings. The number of esters is 1. The molecule has 0 amide bonds. The summed E-state index contributed by atoms with van der Waals surface area (Å²) in [5.41, 5.74) is 2.41. The van der Waals surface area contributed by atoms with Gasteiger partial charge in [0.1, 0.15) is 5.82 Å². The van der Waals surface area contributed by atoms with Crippen molar-refractivity contribution in [3.8, 4) is 0 Å². The highest BCUT2D eigenvalue weighted by atomic mass is 32.2. The zero-order valence-electron chi connectivity index (χ0n) is 16.7. The fraction of sp³-hybridized carbons (Fsp3) is 0.450. The molecule has 0 unspecified atom stereocenters. The summed E-state index contributed by atoms with van der Waals surface area (Å²) in [5.74, 6) is 0.477. The number of nitrogens with zero attached hydrogens (tertiary/aromatic N) is 1. The number of hydrogen-bond acceptors (Lipinski definition) is 7. The molecule has 8 heteroatoms. The predicted octanol–water partition coefficient (Wildman–Crippen LogP) is 4.42. The summed E-state index contributed by atoms with van der Waals surface area (Å²) in [6.45, 7) is 9.53. The lowest BCUT2D eigenvalue weighted by atomic mass is 9.85. The van der Waals surface area contributed by atoms with Crippen molar-refractivity contribution in [1.29, 1.82) is 0 Å². The Hall–Kier alpha value is -2.06. The van der Waals surface area contributed by atoms with Crippen LogP contribution in [-0.2, 0) is 9.53 Å². The molecule has 0 radical (unpaired) electrons. The molecule has 0 fully saturated rings. The number of carbonyl (C=O) groups excluding carboxylic acids is 1. The number of aryl methyl sites for hydroxylation is 1. The lowest BCUT2D eigenvalue weighted by Gasteiger charge is -2.29. The van der Waals surface area contributed by atoms with Crippen LogP contribution < -0.4 is 10.9 Å². The smallest absolute Gasteiger partial charge is 0.337 e. The first-order valence-corrected chi connectivity index (χ1v) is 11.2.